The van der Waals surface area contributed by atoms with Crippen LogP contribution >= 0.6 is 0 Å². The second kappa shape index (κ2) is 11.3. The normalized spacial score (nSPS) is 15.0. The quantitative estimate of drug-likeness (QED) is 0.296. The molecular weight excluding hydrogens is 114 g/mol. The SMILES string of the molecule is C1COCO1.[Li+].[Li+].[S-2]. The predicted octanol–water partition coefficient (Wildman–Crippen LogP) is -6.00. The summed E-state index contributed by atoms with van der Waals surface area (Å²) in [5.41, 5.74) is 0. The fourth-order valence-corrected chi connectivity index (χ4v) is 0.295. The summed E-state index contributed by atoms with van der Waals surface area (Å²) in [5, 5.41) is 0. The van der Waals surface area contributed by atoms with Crippen molar-refractivity contribution in [3.63, 3.8) is 0 Å². The van der Waals surface area contributed by atoms with Crippen LogP contribution in [-0.4, -0.2) is 20.0 Å². The second-order valence-corrected chi connectivity index (χ2v) is 0.934. The maximum Gasteiger partial charge on any atom is 1.00 e. The molecule has 0 aromatic rings. The van der Waals surface area contributed by atoms with Gasteiger partial charge in [-0.3, -0.25) is 0 Å². The summed E-state index contributed by atoms with van der Waals surface area (Å²) in [6, 6.07) is 0. The van der Waals surface area contributed by atoms with Crippen molar-refractivity contribution in [1.82, 2.24) is 0 Å². The Hall–Kier alpha value is 1.46. The van der Waals surface area contributed by atoms with Gasteiger partial charge in [0.25, 0.3) is 0 Å². The average molecular weight is 120 g/mol. The van der Waals surface area contributed by atoms with Gasteiger partial charge in [-0.25, -0.2) is 0 Å². The zero-order valence-corrected chi connectivity index (χ0v) is 6.16. The standard InChI is InChI=1S/C3H6O2.2Li.S/c1-2-5-3-4-1;;;/h1-3H2;;;/q;2*+1;-2. The number of hydrogen-bond donors (Lipinski definition) is 0. The van der Waals surface area contributed by atoms with E-state index in [-0.39, 0.29) is 51.2 Å². The molecule has 0 saturated carbocycles. The Morgan fingerprint density at radius 3 is 1.38 bits per heavy atom. The Labute approximate surface area is 80.5 Å². The molecule has 0 amide bonds. The van der Waals surface area contributed by atoms with E-state index >= 15 is 0 Å². The molecular formula is C3H6Li2O2S. The molecule has 0 aromatic carbocycles. The minimum atomic E-state index is 0. The molecule has 1 heterocycles. The van der Waals surface area contributed by atoms with E-state index in [1.165, 1.54) is 0 Å². The molecule has 5 heteroatoms. The third-order valence-electron chi connectivity index (χ3n) is 0.539. The van der Waals surface area contributed by atoms with Crippen molar-refractivity contribution in [2.24, 2.45) is 0 Å². The van der Waals surface area contributed by atoms with E-state index in [1.807, 2.05) is 0 Å². The van der Waals surface area contributed by atoms with Crippen LogP contribution in [0, 0.1) is 0 Å². The Kier molecular flexibility index (Phi) is 22.9. The van der Waals surface area contributed by atoms with Crippen molar-refractivity contribution in [2.45, 2.75) is 0 Å². The first-order valence-electron chi connectivity index (χ1n) is 1.65. The topological polar surface area (TPSA) is 18.5 Å². The Bertz CT molecular complexity index is 26.9. The van der Waals surface area contributed by atoms with E-state index in [1.54, 1.807) is 0 Å². The summed E-state index contributed by atoms with van der Waals surface area (Å²) in [6.45, 7) is 2.06. The number of hydrogen-bond acceptors (Lipinski definition) is 2. The Morgan fingerprint density at radius 2 is 1.25 bits per heavy atom. The van der Waals surface area contributed by atoms with Gasteiger partial charge in [0, 0.05) is 0 Å². The van der Waals surface area contributed by atoms with Crippen molar-refractivity contribution in [3.05, 3.63) is 0 Å². The van der Waals surface area contributed by atoms with Gasteiger partial charge in [-0.15, -0.1) is 0 Å². The minimum Gasteiger partial charge on any atom is -2.00 e. The zero-order chi connectivity index (χ0) is 3.54. The fourth-order valence-electron chi connectivity index (χ4n) is 0.295. The summed E-state index contributed by atoms with van der Waals surface area (Å²) < 4.78 is 9.44. The Balaban J connectivity index is -0.0000000833. The van der Waals surface area contributed by atoms with Crippen LogP contribution in [0.2, 0.25) is 0 Å². The van der Waals surface area contributed by atoms with Gasteiger partial charge in [-0.1, -0.05) is 0 Å². The zero-order valence-electron chi connectivity index (χ0n) is 5.35. The molecule has 0 bridgehead atoms. The number of rotatable bonds is 0. The van der Waals surface area contributed by atoms with E-state index in [0.717, 1.165) is 13.2 Å². The molecule has 0 spiro atoms. The van der Waals surface area contributed by atoms with Gasteiger partial charge in [-0.05, 0) is 0 Å². The van der Waals surface area contributed by atoms with E-state index < -0.39 is 0 Å². The molecule has 0 radical (unpaired) electrons. The summed E-state index contributed by atoms with van der Waals surface area (Å²) >= 11 is 0. The van der Waals surface area contributed by atoms with Gasteiger partial charge in [0.2, 0.25) is 0 Å². The van der Waals surface area contributed by atoms with Crippen LogP contribution in [0.1, 0.15) is 0 Å². The van der Waals surface area contributed by atoms with Crippen molar-refractivity contribution in [1.29, 1.82) is 0 Å². The smallest absolute Gasteiger partial charge is 1.00 e. The molecule has 1 fully saturated rings. The average Bonchev–Trinajstić information content (AvgIpc) is 1.76. The van der Waals surface area contributed by atoms with Gasteiger partial charge in [0.15, 0.2) is 0 Å². The largest absolute Gasteiger partial charge is 2.00 e. The molecule has 0 N–H and O–H groups in total. The van der Waals surface area contributed by atoms with E-state index in [4.69, 9.17) is 9.47 Å². The summed E-state index contributed by atoms with van der Waals surface area (Å²) in [6.07, 6.45) is 0. The monoisotopic (exact) mass is 120 g/mol. The van der Waals surface area contributed by atoms with Crippen molar-refractivity contribution in [2.75, 3.05) is 20.0 Å². The van der Waals surface area contributed by atoms with Crippen LogP contribution in [0.15, 0.2) is 0 Å². The van der Waals surface area contributed by atoms with Crippen LogP contribution in [0.4, 0.5) is 0 Å². The third kappa shape index (κ3) is 7.46. The molecule has 1 aliphatic heterocycles. The first kappa shape index (κ1) is 16.2. The van der Waals surface area contributed by atoms with Gasteiger partial charge < -0.3 is 23.0 Å². The van der Waals surface area contributed by atoms with E-state index in [9.17, 15) is 0 Å². The molecule has 0 atom stereocenters. The van der Waals surface area contributed by atoms with Gasteiger partial charge in [0.05, 0.1) is 13.2 Å². The van der Waals surface area contributed by atoms with E-state index in [2.05, 4.69) is 0 Å². The van der Waals surface area contributed by atoms with E-state index in [0.29, 0.717) is 6.79 Å². The first-order chi connectivity index (χ1) is 2.50. The molecule has 0 unspecified atom stereocenters. The summed E-state index contributed by atoms with van der Waals surface area (Å²) in [5.74, 6) is 0. The minimum absolute atomic E-state index is 0. The maximum atomic E-state index is 4.72. The maximum absolute atomic E-state index is 4.72. The predicted molar refractivity (Wildman–Crippen MR) is 24.1 cm³/mol. The van der Waals surface area contributed by atoms with Crippen molar-refractivity contribution < 1.29 is 47.2 Å². The van der Waals surface area contributed by atoms with Crippen LogP contribution in [-0.2, 0) is 23.0 Å². The summed E-state index contributed by atoms with van der Waals surface area (Å²) in [7, 11) is 0. The molecule has 8 heavy (non-hydrogen) atoms. The molecule has 1 saturated heterocycles. The summed E-state index contributed by atoms with van der Waals surface area (Å²) in [4.78, 5) is 0. The van der Waals surface area contributed by atoms with Crippen LogP contribution in [0.3, 0.4) is 0 Å². The molecule has 0 aromatic heterocycles. The van der Waals surface area contributed by atoms with Gasteiger partial charge >= 0.3 is 37.7 Å². The van der Waals surface area contributed by atoms with Crippen molar-refractivity contribution in [3.8, 4) is 0 Å². The Morgan fingerprint density at radius 1 is 0.875 bits per heavy atom. The molecule has 1 aliphatic rings. The molecule has 1 rings (SSSR count). The van der Waals surface area contributed by atoms with Crippen molar-refractivity contribution >= 4 is 13.5 Å². The number of ether oxygens (including phenoxy) is 2. The van der Waals surface area contributed by atoms with Gasteiger partial charge in [0.1, 0.15) is 6.79 Å². The molecule has 38 valence electrons. The second-order valence-electron chi connectivity index (χ2n) is 0.934. The van der Waals surface area contributed by atoms with Gasteiger partial charge in [-0.2, -0.15) is 0 Å². The first-order valence-corrected chi connectivity index (χ1v) is 1.65. The van der Waals surface area contributed by atoms with Crippen LogP contribution in [0.25, 0.3) is 0 Å². The third-order valence-corrected chi connectivity index (χ3v) is 0.539. The molecule has 2 nitrogen and oxygen atoms in total. The van der Waals surface area contributed by atoms with Crippen LogP contribution < -0.4 is 37.7 Å². The van der Waals surface area contributed by atoms with Crippen LogP contribution in [0.5, 0.6) is 0 Å². The fraction of sp³-hybridized carbons (Fsp3) is 1.00. The molecule has 0 aliphatic carbocycles.